The summed E-state index contributed by atoms with van der Waals surface area (Å²) in [6.07, 6.45) is 0.504. The molecule has 1 N–H and O–H groups in total. The van der Waals surface area contributed by atoms with Crippen molar-refractivity contribution in [3.8, 4) is 28.4 Å². The SMILES string of the molecule is O=C(O)CCc1ccc(-c2ccc(Cl)cc2)n1-c1ccc(Oc2ccccc2)cc1. The Balaban J connectivity index is 1.69. The third-order valence-corrected chi connectivity index (χ3v) is 5.02. The summed E-state index contributed by atoms with van der Waals surface area (Å²) in [5.74, 6) is 0.690. The number of carboxylic acids is 1. The molecule has 0 aliphatic heterocycles. The lowest BCUT2D eigenvalue weighted by Gasteiger charge is -2.15. The molecule has 0 amide bonds. The molecule has 0 atom stereocenters. The van der Waals surface area contributed by atoms with E-state index in [1.807, 2.05) is 91.0 Å². The van der Waals surface area contributed by atoms with Crippen LogP contribution in [0.4, 0.5) is 0 Å². The van der Waals surface area contributed by atoms with Gasteiger partial charge in [0.1, 0.15) is 11.5 Å². The van der Waals surface area contributed by atoms with E-state index in [0.717, 1.165) is 34.1 Å². The Labute approximate surface area is 179 Å². The number of aryl methyl sites for hydroxylation is 1. The average molecular weight is 418 g/mol. The topological polar surface area (TPSA) is 51.5 Å². The van der Waals surface area contributed by atoms with Gasteiger partial charge in [0.25, 0.3) is 0 Å². The molecule has 0 bridgehead atoms. The van der Waals surface area contributed by atoms with E-state index >= 15 is 0 Å². The molecule has 0 unspecified atom stereocenters. The van der Waals surface area contributed by atoms with Crippen LogP contribution in [-0.2, 0) is 11.2 Å². The van der Waals surface area contributed by atoms with Gasteiger partial charge in [0.2, 0.25) is 0 Å². The van der Waals surface area contributed by atoms with E-state index in [-0.39, 0.29) is 6.42 Å². The fourth-order valence-corrected chi connectivity index (χ4v) is 3.47. The van der Waals surface area contributed by atoms with Crippen LogP contribution in [0.2, 0.25) is 5.02 Å². The highest BCUT2D eigenvalue weighted by Gasteiger charge is 2.13. The van der Waals surface area contributed by atoms with Crippen molar-refractivity contribution in [1.82, 2.24) is 4.57 Å². The highest BCUT2D eigenvalue weighted by atomic mass is 35.5. The minimum atomic E-state index is -0.817. The van der Waals surface area contributed by atoms with E-state index in [2.05, 4.69) is 4.57 Å². The van der Waals surface area contributed by atoms with Crippen molar-refractivity contribution >= 4 is 17.6 Å². The van der Waals surface area contributed by atoms with Crippen molar-refractivity contribution in [2.75, 3.05) is 0 Å². The molecule has 0 spiro atoms. The van der Waals surface area contributed by atoms with Gasteiger partial charge in [-0.1, -0.05) is 41.9 Å². The molecule has 150 valence electrons. The van der Waals surface area contributed by atoms with Crippen LogP contribution in [0.5, 0.6) is 11.5 Å². The van der Waals surface area contributed by atoms with Gasteiger partial charge in [-0.3, -0.25) is 4.79 Å². The second-order valence-electron chi connectivity index (χ2n) is 6.85. The number of carbonyl (C=O) groups is 1. The molecule has 1 aromatic heterocycles. The Morgan fingerprint density at radius 1 is 0.833 bits per heavy atom. The van der Waals surface area contributed by atoms with Crippen LogP contribution in [-0.4, -0.2) is 15.6 Å². The summed E-state index contributed by atoms with van der Waals surface area (Å²) in [6.45, 7) is 0. The minimum Gasteiger partial charge on any atom is -0.481 e. The number of aromatic nitrogens is 1. The summed E-state index contributed by atoms with van der Waals surface area (Å²) >= 11 is 6.04. The number of hydrogen-bond donors (Lipinski definition) is 1. The van der Waals surface area contributed by atoms with Crippen molar-refractivity contribution in [2.24, 2.45) is 0 Å². The maximum absolute atomic E-state index is 11.1. The summed E-state index contributed by atoms with van der Waals surface area (Å²) in [7, 11) is 0. The van der Waals surface area contributed by atoms with Gasteiger partial charge in [-0.2, -0.15) is 0 Å². The molecule has 0 fully saturated rings. The van der Waals surface area contributed by atoms with Crippen LogP contribution >= 0.6 is 11.6 Å². The van der Waals surface area contributed by atoms with Gasteiger partial charge in [-0.25, -0.2) is 0 Å². The number of aliphatic carboxylic acids is 1. The predicted molar refractivity (Wildman–Crippen MR) is 119 cm³/mol. The van der Waals surface area contributed by atoms with Crippen molar-refractivity contribution in [3.05, 3.63) is 102 Å². The first kappa shape index (κ1) is 19.8. The Hall–Kier alpha value is -3.50. The smallest absolute Gasteiger partial charge is 0.303 e. The number of carboxylic acid groups (broad SMARTS) is 1. The molecule has 0 radical (unpaired) electrons. The lowest BCUT2D eigenvalue weighted by atomic mass is 10.1. The molecule has 30 heavy (non-hydrogen) atoms. The van der Waals surface area contributed by atoms with Crippen molar-refractivity contribution in [1.29, 1.82) is 0 Å². The van der Waals surface area contributed by atoms with Crippen LogP contribution in [0.3, 0.4) is 0 Å². The summed E-state index contributed by atoms with van der Waals surface area (Å²) in [6, 6.07) is 29.0. The molecule has 4 nitrogen and oxygen atoms in total. The summed E-state index contributed by atoms with van der Waals surface area (Å²) in [5, 5.41) is 9.80. The summed E-state index contributed by atoms with van der Waals surface area (Å²) < 4.78 is 7.97. The first-order valence-corrected chi connectivity index (χ1v) is 9.99. The normalized spacial score (nSPS) is 10.7. The highest BCUT2D eigenvalue weighted by molar-refractivity contribution is 6.30. The van der Waals surface area contributed by atoms with E-state index < -0.39 is 5.97 Å². The van der Waals surface area contributed by atoms with Crippen LogP contribution in [0, 0.1) is 0 Å². The van der Waals surface area contributed by atoms with E-state index in [1.54, 1.807) is 0 Å². The average Bonchev–Trinajstić information content (AvgIpc) is 3.18. The summed E-state index contributed by atoms with van der Waals surface area (Å²) in [4.78, 5) is 11.1. The van der Waals surface area contributed by atoms with Gasteiger partial charge in [-0.15, -0.1) is 0 Å². The zero-order chi connectivity index (χ0) is 20.9. The largest absolute Gasteiger partial charge is 0.481 e. The van der Waals surface area contributed by atoms with Crippen molar-refractivity contribution in [2.45, 2.75) is 12.8 Å². The molecule has 5 heteroatoms. The second-order valence-corrected chi connectivity index (χ2v) is 7.29. The number of nitrogens with zero attached hydrogens (tertiary/aromatic N) is 1. The van der Waals surface area contributed by atoms with Gasteiger partial charge < -0.3 is 14.4 Å². The fourth-order valence-electron chi connectivity index (χ4n) is 3.35. The monoisotopic (exact) mass is 417 g/mol. The fraction of sp³-hybridized carbons (Fsp3) is 0.0800. The molecular weight excluding hydrogens is 398 g/mol. The lowest BCUT2D eigenvalue weighted by molar-refractivity contribution is -0.136. The van der Waals surface area contributed by atoms with Crippen LogP contribution < -0.4 is 4.74 Å². The Kier molecular flexibility index (Phi) is 5.87. The first-order valence-electron chi connectivity index (χ1n) is 9.62. The Morgan fingerprint density at radius 2 is 1.50 bits per heavy atom. The standard InChI is InChI=1S/C25H20ClNO3/c26-19-8-6-18(7-9-19)24-16-12-21(13-17-25(28)29)27(24)20-10-14-23(15-11-20)30-22-4-2-1-3-5-22/h1-12,14-16H,13,17H2,(H,28,29). The lowest BCUT2D eigenvalue weighted by Crippen LogP contribution is -2.05. The summed E-state index contributed by atoms with van der Waals surface area (Å²) in [5.41, 5.74) is 3.85. The molecule has 4 rings (SSSR count). The third-order valence-electron chi connectivity index (χ3n) is 4.77. The number of ether oxygens (including phenoxy) is 1. The Bertz CT molecular complexity index is 1130. The van der Waals surface area contributed by atoms with Gasteiger partial charge in [0.05, 0.1) is 12.1 Å². The van der Waals surface area contributed by atoms with Crippen LogP contribution in [0.25, 0.3) is 16.9 Å². The molecule has 0 aliphatic carbocycles. The molecule has 0 saturated heterocycles. The Morgan fingerprint density at radius 3 is 2.17 bits per heavy atom. The second kappa shape index (κ2) is 8.89. The maximum atomic E-state index is 11.1. The van der Waals surface area contributed by atoms with Gasteiger partial charge in [-0.05, 0) is 72.6 Å². The maximum Gasteiger partial charge on any atom is 0.303 e. The molecule has 0 saturated carbocycles. The van der Waals surface area contributed by atoms with E-state index in [9.17, 15) is 4.79 Å². The zero-order valence-electron chi connectivity index (χ0n) is 16.2. The van der Waals surface area contributed by atoms with Gasteiger partial charge >= 0.3 is 5.97 Å². The van der Waals surface area contributed by atoms with Crippen molar-refractivity contribution < 1.29 is 14.6 Å². The molecule has 4 aromatic rings. The number of hydrogen-bond acceptors (Lipinski definition) is 2. The number of para-hydroxylation sites is 1. The van der Waals surface area contributed by atoms with Gasteiger partial charge in [0, 0.05) is 16.4 Å². The van der Waals surface area contributed by atoms with E-state index in [4.69, 9.17) is 21.4 Å². The number of halogens is 1. The van der Waals surface area contributed by atoms with Gasteiger partial charge in [0.15, 0.2) is 0 Å². The quantitative estimate of drug-likeness (QED) is 0.368. The van der Waals surface area contributed by atoms with E-state index in [1.165, 1.54) is 0 Å². The molecule has 3 aromatic carbocycles. The first-order chi connectivity index (χ1) is 14.6. The highest BCUT2D eigenvalue weighted by Crippen LogP contribution is 2.30. The van der Waals surface area contributed by atoms with E-state index in [0.29, 0.717) is 11.4 Å². The predicted octanol–water partition coefficient (Wildman–Crippen LogP) is 6.61. The van der Waals surface area contributed by atoms with Crippen LogP contribution in [0.15, 0.2) is 91.0 Å². The van der Waals surface area contributed by atoms with Crippen molar-refractivity contribution in [3.63, 3.8) is 0 Å². The molecule has 1 heterocycles. The molecule has 0 aliphatic rings. The number of rotatable bonds is 7. The molecular formula is C25H20ClNO3. The number of benzene rings is 3. The van der Waals surface area contributed by atoms with Crippen LogP contribution in [0.1, 0.15) is 12.1 Å². The third kappa shape index (κ3) is 4.56. The minimum absolute atomic E-state index is 0.0687. The zero-order valence-corrected chi connectivity index (χ0v) is 16.9.